The smallest absolute Gasteiger partial charge is 0.173 e. The number of nitrogens with zero attached hydrogens (tertiary/aromatic N) is 6. The second-order valence-corrected chi connectivity index (χ2v) is 7.33. The van der Waals surface area contributed by atoms with E-state index in [1.54, 1.807) is 12.5 Å². The van der Waals surface area contributed by atoms with E-state index in [9.17, 15) is 13.6 Å². The average molecular weight is 412 g/mol. The Kier molecular flexibility index (Phi) is 4.31. The number of ketones is 1. The highest BCUT2D eigenvalue weighted by Crippen LogP contribution is 2.43. The van der Waals surface area contributed by atoms with Crippen LogP contribution in [-0.2, 0) is 16.7 Å². The minimum absolute atomic E-state index is 0.187. The van der Waals surface area contributed by atoms with Crippen molar-refractivity contribution < 1.29 is 18.3 Å². The largest absolute Gasteiger partial charge is 0.377 e. The quantitative estimate of drug-likeness (QED) is 0.608. The van der Waals surface area contributed by atoms with E-state index in [-0.39, 0.29) is 17.8 Å². The van der Waals surface area contributed by atoms with Gasteiger partial charge in [0.25, 0.3) is 0 Å². The summed E-state index contributed by atoms with van der Waals surface area (Å²) < 4.78 is 34.7. The zero-order chi connectivity index (χ0) is 20.9. The molecule has 2 aliphatic rings. The number of fused-ring (bicyclic) bond motifs is 6. The Morgan fingerprint density at radius 2 is 2.20 bits per heavy atom. The first-order chi connectivity index (χ1) is 14.5. The van der Waals surface area contributed by atoms with Crippen molar-refractivity contribution in [3.8, 4) is 5.69 Å². The van der Waals surface area contributed by atoms with Gasteiger partial charge in [-0.05, 0) is 18.6 Å². The van der Waals surface area contributed by atoms with Crippen LogP contribution in [0.4, 0.5) is 14.6 Å². The number of halogens is 2. The van der Waals surface area contributed by atoms with E-state index in [4.69, 9.17) is 4.74 Å². The molecule has 0 spiro atoms. The number of rotatable bonds is 4. The predicted octanol–water partition coefficient (Wildman–Crippen LogP) is 2.22. The summed E-state index contributed by atoms with van der Waals surface area (Å²) in [6.07, 6.45) is 3.76. The number of ether oxygens (including phenoxy) is 1. The molecule has 0 amide bonds. The fourth-order valence-electron chi connectivity index (χ4n) is 4.17. The first-order valence-electron chi connectivity index (χ1n) is 9.64. The molecule has 30 heavy (non-hydrogen) atoms. The van der Waals surface area contributed by atoms with E-state index in [1.165, 1.54) is 0 Å². The van der Waals surface area contributed by atoms with Gasteiger partial charge in [-0.3, -0.25) is 9.36 Å². The van der Waals surface area contributed by atoms with Gasteiger partial charge in [-0.2, -0.15) is 0 Å². The summed E-state index contributed by atoms with van der Waals surface area (Å²) in [4.78, 5) is 23.7. The lowest BCUT2D eigenvalue weighted by atomic mass is 9.90. The summed E-state index contributed by atoms with van der Waals surface area (Å²) in [6, 6.07) is 2.89. The average Bonchev–Trinajstić information content (AvgIpc) is 3.24. The summed E-state index contributed by atoms with van der Waals surface area (Å²) in [7, 11) is 0. The minimum atomic E-state index is -0.898. The molecule has 1 aromatic carbocycles. The topological polar surface area (TPSA) is 86.0 Å². The van der Waals surface area contributed by atoms with E-state index in [1.807, 2.05) is 4.57 Å². The molecule has 1 fully saturated rings. The van der Waals surface area contributed by atoms with Gasteiger partial charge in [0, 0.05) is 12.6 Å². The molecule has 0 N–H and O–H groups in total. The van der Waals surface area contributed by atoms with E-state index >= 15 is 0 Å². The molecule has 0 aliphatic carbocycles. The number of aromatic nitrogens is 5. The number of morpholine rings is 1. The third-order valence-corrected chi connectivity index (χ3v) is 5.73. The van der Waals surface area contributed by atoms with Crippen LogP contribution in [0.5, 0.6) is 0 Å². The Hall–Kier alpha value is -3.27. The Bertz CT molecular complexity index is 1150. The fraction of sp³-hybridized carbons (Fsp3) is 0.350. The highest BCUT2D eigenvalue weighted by Gasteiger charge is 2.48. The first kappa shape index (κ1) is 18.7. The lowest BCUT2D eigenvalue weighted by Gasteiger charge is -2.49. The maximum atomic E-state index is 14.0. The predicted molar refractivity (Wildman–Crippen MR) is 101 cm³/mol. The third kappa shape index (κ3) is 2.71. The van der Waals surface area contributed by atoms with E-state index in [0.29, 0.717) is 37.3 Å². The summed E-state index contributed by atoms with van der Waals surface area (Å²) in [5.74, 6) is -0.470. The molecule has 1 saturated heterocycles. The van der Waals surface area contributed by atoms with Gasteiger partial charge < -0.3 is 9.64 Å². The molecule has 4 heterocycles. The second-order valence-electron chi connectivity index (χ2n) is 7.33. The molecule has 0 saturated carbocycles. The molecule has 154 valence electrons. The number of anilines is 1. The van der Waals surface area contributed by atoms with Crippen molar-refractivity contribution in [3.05, 3.63) is 59.6 Å². The maximum Gasteiger partial charge on any atom is 0.173 e. The van der Waals surface area contributed by atoms with E-state index in [0.717, 1.165) is 24.4 Å². The van der Waals surface area contributed by atoms with Crippen LogP contribution >= 0.6 is 0 Å². The molecule has 3 aromatic rings. The van der Waals surface area contributed by atoms with Crippen molar-refractivity contribution >= 4 is 11.6 Å². The van der Waals surface area contributed by atoms with Gasteiger partial charge in [-0.25, -0.2) is 18.7 Å². The molecule has 1 unspecified atom stereocenters. The summed E-state index contributed by atoms with van der Waals surface area (Å²) in [5, 5.41) is 8.38. The summed E-state index contributed by atoms with van der Waals surface area (Å²) >= 11 is 0. The van der Waals surface area contributed by atoms with Crippen LogP contribution in [0.3, 0.4) is 0 Å². The standard InChI is InChI=1S/C20H18F2N6O2/c1-2-20-10-30-6-5-28(20)18-15(27-11-24-26-19(20)27)9-23-17(25-18)8-16(29)13-4-3-12(21)7-14(13)22/h3-4,7,9,11H,2,5-6,8,10H2,1H3. The van der Waals surface area contributed by atoms with Crippen molar-refractivity contribution in [2.24, 2.45) is 0 Å². The van der Waals surface area contributed by atoms with Crippen LogP contribution in [0.15, 0.2) is 30.7 Å². The highest BCUT2D eigenvalue weighted by atomic mass is 19.1. The van der Waals surface area contributed by atoms with Crippen LogP contribution in [0, 0.1) is 11.6 Å². The number of Topliss-reactive ketones (excluding diaryl/α,β-unsaturated/α-hetero) is 1. The van der Waals surface area contributed by atoms with Gasteiger partial charge in [-0.15, -0.1) is 10.2 Å². The van der Waals surface area contributed by atoms with Crippen molar-refractivity contribution in [2.75, 3.05) is 24.7 Å². The lowest BCUT2D eigenvalue weighted by Crippen LogP contribution is -2.58. The van der Waals surface area contributed by atoms with Crippen LogP contribution in [0.25, 0.3) is 5.69 Å². The van der Waals surface area contributed by atoms with Gasteiger partial charge in [0.15, 0.2) is 17.4 Å². The Labute approximate surface area is 170 Å². The van der Waals surface area contributed by atoms with Gasteiger partial charge in [0.2, 0.25) is 0 Å². The third-order valence-electron chi connectivity index (χ3n) is 5.73. The van der Waals surface area contributed by atoms with Gasteiger partial charge in [0.05, 0.1) is 31.4 Å². The Morgan fingerprint density at radius 3 is 3.00 bits per heavy atom. The minimum Gasteiger partial charge on any atom is -0.377 e. The SMILES string of the molecule is CCC12COCCN1c1nc(CC(=O)c3ccc(F)cc3F)ncc1-n1cnnc12. The monoisotopic (exact) mass is 412 g/mol. The fourth-order valence-corrected chi connectivity index (χ4v) is 4.17. The molecule has 2 aromatic heterocycles. The van der Waals surface area contributed by atoms with Gasteiger partial charge in [-0.1, -0.05) is 6.92 Å². The van der Waals surface area contributed by atoms with Crippen molar-refractivity contribution in [3.63, 3.8) is 0 Å². The zero-order valence-electron chi connectivity index (χ0n) is 16.2. The molecule has 0 bridgehead atoms. The van der Waals surface area contributed by atoms with Crippen molar-refractivity contribution in [1.29, 1.82) is 0 Å². The molecule has 10 heteroatoms. The molecular weight excluding hydrogens is 394 g/mol. The van der Waals surface area contributed by atoms with Gasteiger partial charge in [0.1, 0.15) is 35.0 Å². The Balaban J connectivity index is 1.54. The van der Waals surface area contributed by atoms with Crippen molar-refractivity contribution in [2.45, 2.75) is 25.3 Å². The second kappa shape index (κ2) is 6.91. The van der Waals surface area contributed by atoms with Gasteiger partial charge >= 0.3 is 0 Å². The van der Waals surface area contributed by atoms with E-state index in [2.05, 4.69) is 32.0 Å². The zero-order valence-corrected chi connectivity index (χ0v) is 16.2. The maximum absolute atomic E-state index is 14.0. The molecule has 2 aliphatic heterocycles. The summed E-state index contributed by atoms with van der Waals surface area (Å²) in [6.45, 7) is 3.63. The van der Waals surface area contributed by atoms with Crippen molar-refractivity contribution in [1.82, 2.24) is 24.7 Å². The number of benzene rings is 1. The number of hydrogen-bond donors (Lipinski definition) is 0. The normalized spacial score (nSPS) is 19.8. The molecule has 0 radical (unpaired) electrons. The number of hydrogen-bond acceptors (Lipinski definition) is 7. The van der Waals surface area contributed by atoms with Crippen LogP contribution in [-0.4, -0.2) is 50.3 Å². The van der Waals surface area contributed by atoms with E-state index < -0.39 is 23.0 Å². The summed E-state index contributed by atoms with van der Waals surface area (Å²) in [5.41, 5.74) is 0.0127. The molecular formula is C20H18F2N6O2. The Morgan fingerprint density at radius 1 is 1.33 bits per heavy atom. The highest BCUT2D eigenvalue weighted by molar-refractivity contribution is 5.97. The molecule has 5 rings (SSSR count). The van der Waals surface area contributed by atoms with Crippen LogP contribution in [0.2, 0.25) is 0 Å². The van der Waals surface area contributed by atoms with Crippen LogP contribution in [0.1, 0.15) is 35.4 Å². The lowest BCUT2D eigenvalue weighted by molar-refractivity contribution is 0.0390. The molecule has 8 nitrogen and oxygen atoms in total. The number of carbonyl (C=O) groups is 1. The number of carbonyl (C=O) groups excluding carboxylic acids is 1. The molecule has 1 atom stereocenters. The van der Waals surface area contributed by atoms with Crippen LogP contribution < -0.4 is 4.90 Å². The first-order valence-corrected chi connectivity index (χ1v) is 9.64.